The predicted octanol–water partition coefficient (Wildman–Crippen LogP) is 6.37. The van der Waals surface area contributed by atoms with Gasteiger partial charge in [0.15, 0.2) is 0 Å². The van der Waals surface area contributed by atoms with E-state index in [0.717, 1.165) is 29.8 Å². The Balaban J connectivity index is 1.48. The number of unbranched alkanes of at least 4 members (excludes halogenated alkanes) is 2. The van der Waals surface area contributed by atoms with E-state index in [-0.39, 0.29) is 18.4 Å². The van der Waals surface area contributed by atoms with Gasteiger partial charge in [0.25, 0.3) is 5.91 Å². The summed E-state index contributed by atoms with van der Waals surface area (Å²) in [7, 11) is 0. The molecule has 3 aromatic carbocycles. The maximum Gasteiger partial charge on any atom is 0.254 e. The number of nitrogens with zero attached hydrogens (tertiary/aromatic N) is 3. The quantitative estimate of drug-likeness (QED) is 0.246. The van der Waals surface area contributed by atoms with Gasteiger partial charge in [-0.25, -0.2) is 4.68 Å². The van der Waals surface area contributed by atoms with Crippen LogP contribution in [0.5, 0.6) is 0 Å². The highest BCUT2D eigenvalue weighted by Crippen LogP contribution is 2.24. The Morgan fingerprint density at radius 1 is 0.865 bits per heavy atom. The summed E-state index contributed by atoms with van der Waals surface area (Å²) >= 11 is 0. The van der Waals surface area contributed by atoms with E-state index in [2.05, 4.69) is 12.2 Å². The summed E-state index contributed by atoms with van der Waals surface area (Å²) in [5.74, 6) is 0.123. The van der Waals surface area contributed by atoms with Gasteiger partial charge in [-0.05, 0) is 49.6 Å². The monoisotopic (exact) mass is 494 g/mol. The van der Waals surface area contributed by atoms with Crippen LogP contribution in [0.25, 0.3) is 16.9 Å². The van der Waals surface area contributed by atoms with Crippen molar-refractivity contribution < 1.29 is 9.59 Å². The Kier molecular flexibility index (Phi) is 8.87. The molecule has 6 nitrogen and oxygen atoms in total. The summed E-state index contributed by atoms with van der Waals surface area (Å²) in [6.45, 7) is 4.45. The average Bonchev–Trinajstić information content (AvgIpc) is 3.36. The van der Waals surface area contributed by atoms with Crippen molar-refractivity contribution in [2.24, 2.45) is 0 Å². The molecule has 1 N–H and O–H groups in total. The summed E-state index contributed by atoms with van der Waals surface area (Å²) in [5, 5.41) is 7.72. The Bertz CT molecular complexity index is 1300. The molecule has 1 aromatic heterocycles. The van der Waals surface area contributed by atoms with Crippen molar-refractivity contribution in [3.8, 4) is 16.9 Å². The third kappa shape index (κ3) is 6.73. The number of para-hydroxylation sites is 1. The molecule has 0 fully saturated rings. The highest BCUT2D eigenvalue weighted by Gasteiger charge is 2.19. The number of aryl methyl sites for hydroxylation is 1. The zero-order valence-corrected chi connectivity index (χ0v) is 21.6. The molecule has 0 aliphatic rings. The van der Waals surface area contributed by atoms with Crippen LogP contribution in [0.1, 0.15) is 49.0 Å². The Hall–Kier alpha value is -4.19. The molecule has 0 atom stereocenters. The van der Waals surface area contributed by atoms with E-state index in [0.29, 0.717) is 17.9 Å². The van der Waals surface area contributed by atoms with Crippen molar-refractivity contribution in [3.63, 3.8) is 0 Å². The van der Waals surface area contributed by atoms with Crippen LogP contribution in [0.15, 0.2) is 91.0 Å². The van der Waals surface area contributed by atoms with Gasteiger partial charge in [0, 0.05) is 23.7 Å². The van der Waals surface area contributed by atoms with Gasteiger partial charge in [0.1, 0.15) is 12.4 Å². The van der Waals surface area contributed by atoms with Gasteiger partial charge in [0.05, 0.1) is 11.4 Å². The predicted molar refractivity (Wildman–Crippen MR) is 149 cm³/mol. The van der Waals surface area contributed by atoms with Gasteiger partial charge in [-0.3, -0.25) is 9.59 Å². The fourth-order valence-corrected chi connectivity index (χ4v) is 4.24. The summed E-state index contributed by atoms with van der Waals surface area (Å²) < 4.78 is 1.72. The molecule has 0 saturated carbocycles. The molecule has 0 aliphatic heterocycles. The Labute approximate surface area is 218 Å². The number of likely N-dealkylation sites (N-methyl/N-ethyl adjacent to an activating group) is 1. The first-order valence-corrected chi connectivity index (χ1v) is 13.0. The van der Waals surface area contributed by atoms with E-state index in [1.165, 1.54) is 18.4 Å². The third-order valence-electron chi connectivity index (χ3n) is 6.32. The smallest absolute Gasteiger partial charge is 0.254 e. The average molecular weight is 495 g/mol. The van der Waals surface area contributed by atoms with Gasteiger partial charge in [-0.1, -0.05) is 80.4 Å². The Morgan fingerprint density at radius 2 is 1.54 bits per heavy atom. The van der Waals surface area contributed by atoms with Crippen LogP contribution in [0.2, 0.25) is 0 Å². The summed E-state index contributed by atoms with van der Waals surface area (Å²) in [6.07, 6.45) is 4.55. The third-order valence-corrected chi connectivity index (χ3v) is 6.32. The molecule has 0 unspecified atom stereocenters. The second kappa shape index (κ2) is 12.7. The van der Waals surface area contributed by atoms with Crippen LogP contribution in [-0.4, -0.2) is 39.6 Å². The van der Waals surface area contributed by atoms with E-state index in [4.69, 9.17) is 5.10 Å². The van der Waals surface area contributed by atoms with E-state index < -0.39 is 0 Å². The second-order valence-electron chi connectivity index (χ2n) is 9.05. The van der Waals surface area contributed by atoms with Gasteiger partial charge < -0.3 is 10.2 Å². The van der Waals surface area contributed by atoms with Crippen LogP contribution >= 0.6 is 0 Å². The number of nitrogens with one attached hydrogen (secondary N) is 1. The highest BCUT2D eigenvalue weighted by molar-refractivity contribution is 5.99. The van der Waals surface area contributed by atoms with E-state index in [1.54, 1.807) is 9.58 Å². The van der Waals surface area contributed by atoms with Crippen molar-refractivity contribution in [1.82, 2.24) is 14.7 Å². The molecule has 0 radical (unpaired) electrons. The van der Waals surface area contributed by atoms with Crippen LogP contribution in [0.4, 0.5) is 5.82 Å². The SMILES string of the molecule is CCCCCc1ccc(C(=O)N(CC)CC(=O)Nc2cc(-c3ccccc3)nn2-c2ccccc2)cc1. The molecule has 0 spiro atoms. The normalized spacial score (nSPS) is 10.8. The summed E-state index contributed by atoms with van der Waals surface area (Å²) in [5.41, 5.74) is 4.37. The summed E-state index contributed by atoms with van der Waals surface area (Å²) in [4.78, 5) is 27.8. The molecule has 0 bridgehead atoms. The first kappa shape index (κ1) is 25.9. The second-order valence-corrected chi connectivity index (χ2v) is 9.05. The van der Waals surface area contributed by atoms with Crippen molar-refractivity contribution in [2.75, 3.05) is 18.4 Å². The first-order chi connectivity index (χ1) is 18.1. The molecular weight excluding hydrogens is 460 g/mol. The number of amides is 2. The molecule has 1 heterocycles. The molecule has 190 valence electrons. The fourth-order valence-electron chi connectivity index (χ4n) is 4.24. The van der Waals surface area contributed by atoms with Gasteiger partial charge in [-0.15, -0.1) is 0 Å². The molecule has 4 rings (SSSR count). The minimum atomic E-state index is -0.275. The lowest BCUT2D eigenvalue weighted by Crippen LogP contribution is -2.38. The van der Waals surface area contributed by atoms with Crippen molar-refractivity contribution in [2.45, 2.75) is 39.5 Å². The van der Waals surface area contributed by atoms with Crippen molar-refractivity contribution >= 4 is 17.6 Å². The van der Waals surface area contributed by atoms with Gasteiger partial charge in [-0.2, -0.15) is 5.10 Å². The number of hydrogen-bond acceptors (Lipinski definition) is 3. The van der Waals surface area contributed by atoms with Crippen LogP contribution < -0.4 is 5.32 Å². The molecule has 37 heavy (non-hydrogen) atoms. The lowest BCUT2D eigenvalue weighted by atomic mass is 10.0. The number of hydrogen-bond donors (Lipinski definition) is 1. The molecule has 0 aliphatic carbocycles. The zero-order chi connectivity index (χ0) is 26.0. The number of anilines is 1. The molecule has 4 aromatic rings. The van der Waals surface area contributed by atoms with Gasteiger partial charge >= 0.3 is 0 Å². The number of benzene rings is 3. The van der Waals surface area contributed by atoms with Crippen LogP contribution in [-0.2, 0) is 11.2 Å². The van der Waals surface area contributed by atoms with Crippen LogP contribution in [0, 0.1) is 0 Å². The van der Waals surface area contributed by atoms with E-state index in [1.807, 2.05) is 97.9 Å². The number of carbonyl (C=O) groups is 2. The molecule has 2 amide bonds. The van der Waals surface area contributed by atoms with E-state index >= 15 is 0 Å². The standard InChI is InChI=1S/C31H34N4O2/c1-3-5-8-13-24-18-20-26(21-19-24)31(37)34(4-2)23-30(36)32-29-22-28(25-14-9-6-10-15-25)33-35(29)27-16-11-7-12-17-27/h6-7,9-12,14-22H,3-5,8,13,23H2,1-2H3,(H,32,36). The minimum absolute atomic E-state index is 0.0474. The maximum atomic E-state index is 13.1. The highest BCUT2D eigenvalue weighted by atomic mass is 16.2. The van der Waals surface area contributed by atoms with Crippen LogP contribution in [0.3, 0.4) is 0 Å². The summed E-state index contributed by atoms with van der Waals surface area (Å²) in [6, 6.07) is 29.1. The van der Waals surface area contributed by atoms with Crippen molar-refractivity contribution in [1.29, 1.82) is 0 Å². The molecule has 0 saturated heterocycles. The zero-order valence-electron chi connectivity index (χ0n) is 21.6. The lowest BCUT2D eigenvalue weighted by molar-refractivity contribution is -0.116. The first-order valence-electron chi connectivity index (χ1n) is 13.0. The van der Waals surface area contributed by atoms with E-state index in [9.17, 15) is 9.59 Å². The maximum absolute atomic E-state index is 13.1. The number of rotatable bonds is 11. The molecular formula is C31H34N4O2. The minimum Gasteiger partial charge on any atom is -0.330 e. The van der Waals surface area contributed by atoms with Crippen molar-refractivity contribution in [3.05, 3.63) is 102 Å². The Morgan fingerprint density at radius 3 is 2.19 bits per heavy atom. The molecule has 6 heteroatoms. The largest absolute Gasteiger partial charge is 0.330 e. The fraction of sp³-hybridized carbons (Fsp3) is 0.258. The topological polar surface area (TPSA) is 67.2 Å². The lowest BCUT2D eigenvalue weighted by Gasteiger charge is -2.20. The van der Waals surface area contributed by atoms with Gasteiger partial charge in [0.2, 0.25) is 5.91 Å². The number of aromatic nitrogens is 2. The number of carbonyl (C=O) groups excluding carboxylic acids is 2.